The van der Waals surface area contributed by atoms with E-state index in [0.29, 0.717) is 10.9 Å². The van der Waals surface area contributed by atoms with E-state index < -0.39 is 11.4 Å². The van der Waals surface area contributed by atoms with Crippen molar-refractivity contribution in [1.29, 1.82) is 0 Å². The highest BCUT2D eigenvalue weighted by molar-refractivity contribution is 5.89. The van der Waals surface area contributed by atoms with Crippen LogP contribution in [0, 0.1) is 6.92 Å². The molecular weight excluding hydrogens is 334 g/mol. The predicted molar refractivity (Wildman–Crippen MR) is 97.3 cm³/mol. The smallest absolute Gasteiger partial charge is 0.340 e. The maximum absolute atomic E-state index is 12.4. The lowest BCUT2D eigenvalue weighted by molar-refractivity contribution is -0.121. The number of amides is 1. The molecule has 0 saturated heterocycles. The molecule has 0 radical (unpaired) electrons. The molecule has 0 fully saturated rings. The summed E-state index contributed by atoms with van der Waals surface area (Å²) in [5.74, 6) is -1.17. The molecule has 0 aliphatic rings. The Balaban J connectivity index is 1.88. The molecule has 6 nitrogen and oxygen atoms in total. The van der Waals surface area contributed by atoms with Gasteiger partial charge in [0, 0.05) is 5.39 Å². The number of benzene rings is 2. The zero-order chi connectivity index (χ0) is 18.8. The maximum Gasteiger partial charge on any atom is 0.340 e. The zero-order valence-corrected chi connectivity index (χ0v) is 14.4. The van der Waals surface area contributed by atoms with Gasteiger partial charge in [0.1, 0.15) is 0 Å². The maximum atomic E-state index is 12.4. The third-order valence-corrected chi connectivity index (χ3v) is 4.42. The highest BCUT2D eigenvalue weighted by Gasteiger charge is 2.19. The summed E-state index contributed by atoms with van der Waals surface area (Å²) in [6.07, 6.45) is -0.136. The van der Waals surface area contributed by atoms with E-state index in [2.05, 4.69) is 5.32 Å². The summed E-state index contributed by atoms with van der Waals surface area (Å²) in [6, 6.07) is 12.2. The molecule has 1 aromatic heterocycles. The molecule has 0 aliphatic carbocycles. The van der Waals surface area contributed by atoms with Gasteiger partial charge in [-0.25, -0.2) is 4.79 Å². The van der Waals surface area contributed by atoms with Gasteiger partial charge in [-0.1, -0.05) is 30.3 Å². The molecule has 134 valence electrons. The Labute approximate surface area is 149 Å². The lowest BCUT2D eigenvalue weighted by atomic mass is 10.0. The highest BCUT2D eigenvalue weighted by atomic mass is 16.4. The van der Waals surface area contributed by atoms with Gasteiger partial charge >= 0.3 is 5.63 Å². The number of phenolic OH excluding ortho intramolecular Hbond substituents is 2. The Kier molecular flexibility index (Phi) is 4.67. The van der Waals surface area contributed by atoms with Crippen molar-refractivity contribution < 1.29 is 19.4 Å². The van der Waals surface area contributed by atoms with Crippen molar-refractivity contribution >= 4 is 16.9 Å². The van der Waals surface area contributed by atoms with E-state index in [1.54, 1.807) is 6.92 Å². The number of hydrogen-bond donors (Lipinski definition) is 3. The Morgan fingerprint density at radius 1 is 1.15 bits per heavy atom. The second kappa shape index (κ2) is 6.92. The molecule has 0 saturated carbocycles. The molecule has 3 aromatic rings. The van der Waals surface area contributed by atoms with Crippen LogP contribution in [-0.2, 0) is 11.2 Å². The minimum absolute atomic E-state index is 0.0886. The van der Waals surface area contributed by atoms with Crippen LogP contribution in [0.15, 0.2) is 51.7 Å². The third kappa shape index (κ3) is 3.26. The van der Waals surface area contributed by atoms with Crippen molar-refractivity contribution in [3.63, 3.8) is 0 Å². The Morgan fingerprint density at radius 2 is 1.85 bits per heavy atom. The molecule has 0 bridgehead atoms. The molecule has 6 heteroatoms. The number of aryl methyl sites for hydroxylation is 1. The molecular formula is C20H19NO5. The molecule has 1 heterocycles. The van der Waals surface area contributed by atoms with Gasteiger partial charge in [-0.15, -0.1) is 0 Å². The average Bonchev–Trinajstić information content (AvgIpc) is 2.63. The quantitative estimate of drug-likeness (QED) is 0.495. The molecule has 1 unspecified atom stereocenters. The summed E-state index contributed by atoms with van der Waals surface area (Å²) in [5.41, 5.74) is 0.922. The highest BCUT2D eigenvalue weighted by Crippen LogP contribution is 2.34. The minimum Gasteiger partial charge on any atom is -0.504 e. The van der Waals surface area contributed by atoms with Crippen LogP contribution in [0.1, 0.15) is 29.7 Å². The van der Waals surface area contributed by atoms with Crippen LogP contribution in [0.25, 0.3) is 11.0 Å². The van der Waals surface area contributed by atoms with E-state index in [-0.39, 0.29) is 35.3 Å². The fourth-order valence-electron chi connectivity index (χ4n) is 2.91. The van der Waals surface area contributed by atoms with Crippen molar-refractivity contribution in [1.82, 2.24) is 5.32 Å². The fraction of sp³-hybridized carbons (Fsp3) is 0.200. The molecule has 1 amide bonds. The van der Waals surface area contributed by atoms with Crippen molar-refractivity contribution in [3.05, 3.63) is 69.6 Å². The van der Waals surface area contributed by atoms with Crippen LogP contribution in [0.5, 0.6) is 11.5 Å². The topological polar surface area (TPSA) is 99.8 Å². The molecule has 1 atom stereocenters. The lowest BCUT2D eigenvalue weighted by Crippen LogP contribution is -2.30. The van der Waals surface area contributed by atoms with Crippen molar-refractivity contribution in [2.45, 2.75) is 26.3 Å². The molecule has 0 aliphatic heterocycles. The Hall–Kier alpha value is -3.28. The van der Waals surface area contributed by atoms with Crippen molar-refractivity contribution in [2.75, 3.05) is 0 Å². The summed E-state index contributed by atoms with van der Waals surface area (Å²) >= 11 is 0. The fourth-order valence-corrected chi connectivity index (χ4v) is 2.91. The van der Waals surface area contributed by atoms with E-state index >= 15 is 0 Å². The van der Waals surface area contributed by atoms with Crippen molar-refractivity contribution in [3.8, 4) is 11.5 Å². The number of nitrogens with one attached hydrogen (secondary N) is 1. The lowest BCUT2D eigenvalue weighted by Gasteiger charge is -2.15. The molecule has 26 heavy (non-hydrogen) atoms. The van der Waals surface area contributed by atoms with Gasteiger partial charge in [-0.3, -0.25) is 4.79 Å². The van der Waals surface area contributed by atoms with E-state index in [9.17, 15) is 19.8 Å². The summed E-state index contributed by atoms with van der Waals surface area (Å²) in [5, 5.41) is 22.7. The van der Waals surface area contributed by atoms with E-state index in [0.717, 1.165) is 5.56 Å². The molecule has 3 N–H and O–H groups in total. The average molecular weight is 353 g/mol. The van der Waals surface area contributed by atoms with Gasteiger partial charge in [0.2, 0.25) is 11.7 Å². The van der Waals surface area contributed by atoms with Crippen LogP contribution in [0.2, 0.25) is 0 Å². The zero-order valence-electron chi connectivity index (χ0n) is 14.4. The van der Waals surface area contributed by atoms with E-state index in [4.69, 9.17) is 4.42 Å². The van der Waals surface area contributed by atoms with Crippen LogP contribution in [0.4, 0.5) is 0 Å². The first-order valence-electron chi connectivity index (χ1n) is 8.20. The number of hydrogen-bond acceptors (Lipinski definition) is 5. The van der Waals surface area contributed by atoms with Crippen LogP contribution in [-0.4, -0.2) is 16.1 Å². The second-order valence-corrected chi connectivity index (χ2v) is 6.18. The van der Waals surface area contributed by atoms with Gasteiger partial charge in [0.05, 0.1) is 18.0 Å². The summed E-state index contributed by atoms with van der Waals surface area (Å²) in [4.78, 5) is 24.6. The Morgan fingerprint density at radius 3 is 2.54 bits per heavy atom. The Bertz CT molecular complexity index is 1020. The van der Waals surface area contributed by atoms with Crippen LogP contribution >= 0.6 is 0 Å². The largest absolute Gasteiger partial charge is 0.504 e. The number of aromatic hydroxyl groups is 2. The first-order chi connectivity index (χ1) is 12.4. The second-order valence-electron chi connectivity index (χ2n) is 6.18. The molecule has 0 spiro atoms. The standard InChI is InChI=1S/C20H19NO5/c1-11-14-8-9-16(22)18(24)19(14)26-20(25)15(11)10-17(23)21-12(2)13-6-4-3-5-7-13/h3-9,12,22,24H,10H2,1-2H3,(H,21,23). The van der Waals surface area contributed by atoms with Gasteiger partial charge in [-0.2, -0.15) is 0 Å². The molecule has 2 aromatic carbocycles. The van der Waals surface area contributed by atoms with E-state index in [1.807, 2.05) is 37.3 Å². The van der Waals surface area contributed by atoms with E-state index in [1.165, 1.54) is 12.1 Å². The minimum atomic E-state index is -0.710. The first kappa shape index (κ1) is 17.5. The summed E-state index contributed by atoms with van der Waals surface area (Å²) < 4.78 is 5.13. The van der Waals surface area contributed by atoms with Gasteiger partial charge in [0.25, 0.3) is 0 Å². The van der Waals surface area contributed by atoms with Crippen LogP contribution in [0.3, 0.4) is 0 Å². The summed E-state index contributed by atoms with van der Waals surface area (Å²) in [7, 11) is 0. The summed E-state index contributed by atoms with van der Waals surface area (Å²) in [6.45, 7) is 3.54. The van der Waals surface area contributed by atoms with Gasteiger partial charge in [0.15, 0.2) is 11.3 Å². The first-order valence-corrected chi connectivity index (χ1v) is 8.20. The monoisotopic (exact) mass is 353 g/mol. The number of fused-ring (bicyclic) bond motifs is 1. The third-order valence-electron chi connectivity index (χ3n) is 4.42. The predicted octanol–water partition coefficient (Wildman–Crippen LogP) is 2.93. The number of carbonyl (C=O) groups excluding carboxylic acids is 1. The number of phenols is 2. The van der Waals surface area contributed by atoms with Gasteiger partial charge < -0.3 is 19.9 Å². The normalized spacial score (nSPS) is 12.1. The SMILES string of the molecule is Cc1c(CC(=O)NC(C)c2ccccc2)c(=O)oc2c(O)c(O)ccc12. The molecule has 3 rings (SSSR count). The van der Waals surface area contributed by atoms with Crippen LogP contribution < -0.4 is 10.9 Å². The number of rotatable bonds is 4. The van der Waals surface area contributed by atoms with Gasteiger partial charge in [-0.05, 0) is 37.1 Å². The number of carbonyl (C=O) groups is 1. The van der Waals surface area contributed by atoms with Crippen molar-refractivity contribution in [2.24, 2.45) is 0 Å².